The van der Waals surface area contributed by atoms with Gasteiger partial charge in [-0.05, 0) is 42.8 Å². The van der Waals surface area contributed by atoms with Crippen LogP contribution in [0.1, 0.15) is 22.8 Å². The van der Waals surface area contributed by atoms with Crippen LogP contribution in [-0.2, 0) is 6.61 Å². The van der Waals surface area contributed by atoms with Crippen LogP contribution < -0.4 is 4.74 Å². The van der Waals surface area contributed by atoms with Crippen LogP contribution >= 0.6 is 27.5 Å². The average Bonchev–Trinajstić information content (AvgIpc) is 2.41. The van der Waals surface area contributed by atoms with Crippen LogP contribution in [0.3, 0.4) is 0 Å². The van der Waals surface area contributed by atoms with E-state index in [0.717, 1.165) is 10.0 Å². The van der Waals surface area contributed by atoms with E-state index < -0.39 is 5.82 Å². The highest BCUT2D eigenvalue weighted by Crippen LogP contribution is 2.25. The van der Waals surface area contributed by atoms with Gasteiger partial charge in [0, 0.05) is 4.47 Å². The molecule has 0 bridgehead atoms. The highest BCUT2D eigenvalue weighted by Gasteiger charge is 2.10. The molecule has 0 amide bonds. The van der Waals surface area contributed by atoms with Crippen molar-refractivity contribution in [1.82, 2.24) is 0 Å². The molecule has 0 spiro atoms. The normalized spacial score (nSPS) is 10.4. The molecule has 104 valence electrons. The Labute approximate surface area is 129 Å². The minimum Gasteiger partial charge on any atom is -0.488 e. The second-order valence-electron chi connectivity index (χ2n) is 4.23. The molecule has 2 aromatic rings. The van der Waals surface area contributed by atoms with Crippen molar-refractivity contribution in [1.29, 1.82) is 0 Å². The van der Waals surface area contributed by atoms with E-state index in [4.69, 9.17) is 16.3 Å². The van der Waals surface area contributed by atoms with Gasteiger partial charge in [0.1, 0.15) is 18.2 Å². The van der Waals surface area contributed by atoms with Crippen molar-refractivity contribution >= 4 is 33.3 Å². The number of hydrogen-bond donors (Lipinski definition) is 0. The molecule has 0 aromatic heterocycles. The van der Waals surface area contributed by atoms with E-state index in [1.807, 2.05) is 0 Å². The molecule has 2 nitrogen and oxygen atoms in total. The van der Waals surface area contributed by atoms with Gasteiger partial charge in [0.2, 0.25) is 0 Å². The van der Waals surface area contributed by atoms with Gasteiger partial charge < -0.3 is 4.74 Å². The van der Waals surface area contributed by atoms with Crippen molar-refractivity contribution < 1.29 is 13.9 Å². The standard InChI is InChI=1S/C15H11BrClFO2/c1-9(19)12-7-11(16)3-5-15(12)20-8-10-2-4-14(18)13(17)6-10/h2-7H,8H2,1H3. The quantitative estimate of drug-likeness (QED) is 0.718. The molecule has 0 aliphatic carbocycles. The smallest absolute Gasteiger partial charge is 0.163 e. The Balaban J connectivity index is 2.18. The molecule has 2 rings (SSSR count). The Morgan fingerprint density at radius 3 is 2.70 bits per heavy atom. The van der Waals surface area contributed by atoms with Gasteiger partial charge in [-0.2, -0.15) is 0 Å². The van der Waals surface area contributed by atoms with Crippen molar-refractivity contribution in [2.75, 3.05) is 0 Å². The Morgan fingerprint density at radius 2 is 2.05 bits per heavy atom. The minimum atomic E-state index is -0.469. The lowest BCUT2D eigenvalue weighted by atomic mass is 10.1. The van der Waals surface area contributed by atoms with Crippen LogP contribution in [0.2, 0.25) is 5.02 Å². The van der Waals surface area contributed by atoms with Gasteiger partial charge in [0.15, 0.2) is 5.78 Å². The van der Waals surface area contributed by atoms with Gasteiger partial charge in [-0.1, -0.05) is 33.6 Å². The third-order valence-electron chi connectivity index (χ3n) is 2.70. The number of Topliss-reactive ketones (excluding diaryl/α,β-unsaturated/α-hetero) is 1. The first-order valence-corrected chi connectivity index (χ1v) is 7.01. The fourth-order valence-electron chi connectivity index (χ4n) is 1.69. The first-order valence-electron chi connectivity index (χ1n) is 5.84. The molecule has 0 aliphatic heterocycles. The monoisotopic (exact) mass is 356 g/mol. The SMILES string of the molecule is CC(=O)c1cc(Br)ccc1OCc1ccc(F)c(Cl)c1. The first-order chi connectivity index (χ1) is 9.47. The molecule has 0 aliphatic rings. The predicted octanol–water partition coefficient (Wildman–Crippen LogP) is 5.02. The molecule has 0 fully saturated rings. The predicted molar refractivity (Wildman–Crippen MR) is 79.9 cm³/mol. The summed E-state index contributed by atoms with van der Waals surface area (Å²) < 4.78 is 19.5. The molecule has 5 heteroatoms. The van der Waals surface area contributed by atoms with Gasteiger partial charge in [-0.3, -0.25) is 4.79 Å². The van der Waals surface area contributed by atoms with Gasteiger partial charge in [0.05, 0.1) is 10.6 Å². The van der Waals surface area contributed by atoms with E-state index in [1.165, 1.54) is 19.1 Å². The summed E-state index contributed by atoms with van der Waals surface area (Å²) in [6, 6.07) is 9.59. The summed E-state index contributed by atoms with van der Waals surface area (Å²) in [4.78, 5) is 11.6. The third kappa shape index (κ3) is 3.58. The van der Waals surface area contributed by atoms with Crippen molar-refractivity contribution in [2.45, 2.75) is 13.5 Å². The summed E-state index contributed by atoms with van der Waals surface area (Å²) in [6.45, 7) is 1.69. The zero-order valence-corrected chi connectivity index (χ0v) is 13.0. The fourth-order valence-corrected chi connectivity index (χ4v) is 2.26. The van der Waals surface area contributed by atoms with Crippen molar-refractivity contribution in [3.8, 4) is 5.75 Å². The molecular weight excluding hydrogens is 347 g/mol. The van der Waals surface area contributed by atoms with Crippen LogP contribution in [0.15, 0.2) is 40.9 Å². The van der Waals surface area contributed by atoms with Crippen LogP contribution in [0.25, 0.3) is 0 Å². The number of halogens is 3. The lowest BCUT2D eigenvalue weighted by Crippen LogP contribution is -2.02. The summed E-state index contributed by atoms with van der Waals surface area (Å²) in [7, 11) is 0. The lowest BCUT2D eigenvalue weighted by Gasteiger charge is -2.10. The minimum absolute atomic E-state index is 0.0497. The number of hydrogen-bond acceptors (Lipinski definition) is 2. The highest BCUT2D eigenvalue weighted by molar-refractivity contribution is 9.10. The summed E-state index contributed by atoms with van der Waals surface area (Å²) in [5.74, 6) is -0.0666. The average molecular weight is 358 g/mol. The van der Waals surface area contributed by atoms with E-state index in [9.17, 15) is 9.18 Å². The summed E-state index contributed by atoms with van der Waals surface area (Å²) >= 11 is 9.02. The van der Waals surface area contributed by atoms with E-state index in [2.05, 4.69) is 15.9 Å². The second-order valence-corrected chi connectivity index (χ2v) is 5.56. The summed E-state index contributed by atoms with van der Waals surface area (Å²) in [6.07, 6.45) is 0. The van der Waals surface area contributed by atoms with Crippen LogP contribution in [-0.4, -0.2) is 5.78 Å². The molecule has 0 unspecified atom stereocenters. The highest BCUT2D eigenvalue weighted by atomic mass is 79.9. The topological polar surface area (TPSA) is 26.3 Å². The van der Waals surface area contributed by atoms with Crippen molar-refractivity contribution in [2.24, 2.45) is 0 Å². The molecule has 0 saturated carbocycles. The summed E-state index contributed by atoms with van der Waals surface area (Å²) in [5, 5.41) is 0.0497. The Hall–Kier alpha value is -1.39. The zero-order chi connectivity index (χ0) is 14.7. The molecular formula is C15H11BrClFO2. The van der Waals surface area contributed by atoms with E-state index in [-0.39, 0.29) is 17.4 Å². The van der Waals surface area contributed by atoms with Crippen LogP contribution in [0.5, 0.6) is 5.75 Å². The number of rotatable bonds is 4. The van der Waals surface area contributed by atoms with E-state index in [1.54, 1.807) is 24.3 Å². The van der Waals surface area contributed by atoms with Crippen molar-refractivity contribution in [3.63, 3.8) is 0 Å². The molecule has 0 N–H and O–H groups in total. The number of carbonyl (C=O) groups excluding carboxylic acids is 1. The molecule has 20 heavy (non-hydrogen) atoms. The molecule has 2 aromatic carbocycles. The number of carbonyl (C=O) groups is 1. The molecule has 0 heterocycles. The maximum absolute atomic E-state index is 13.1. The molecule has 0 saturated heterocycles. The van der Waals surface area contributed by atoms with Gasteiger partial charge in [0.25, 0.3) is 0 Å². The molecule has 0 radical (unpaired) electrons. The number of ether oxygens (including phenoxy) is 1. The summed E-state index contributed by atoms with van der Waals surface area (Å²) in [5.41, 5.74) is 1.22. The van der Waals surface area contributed by atoms with Crippen LogP contribution in [0.4, 0.5) is 4.39 Å². The molecule has 0 atom stereocenters. The number of ketones is 1. The lowest BCUT2D eigenvalue weighted by molar-refractivity contribution is 0.101. The Bertz CT molecular complexity index is 658. The zero-order valence-electron chi connectivity index (χ0n) is 10.6. The van der Waals surface area contributed by atoms with Crippen LogP contribution in [0, 0.1) is 5.82 Å². The second kappa shape index (κ2) is 6.37. The van der Waals surface area contributed by atoms with Gasteiger partial charge in [-0.15, -0.1) is 0 Å². The maximum atomic E-state index is 13.1. The van der Waals surface area contributed by atoms with E-state index in [0.29, 0.717) is 11.3 Å². The van der Waals surface area contributed by atoms with E-state index >= 15 is 0 Å². The largest absolute Gasteiger partial charge is 0.488 e. The Kier molecular flexibility index (Phi) is 4.78. The fraction of sp³-hybridized carbons (Fsp3) is 0.133. The number of benzene rings is 2. The Morgan fingerprint density at radius 1 is 1.30 bits per heavy atom. The third-order valence-corrected chi connectivity index (χ3v) is 3.48. The van der Waals surface area contributed by atoms with Gasteiger partial charge in [-0.25, -0.2) is 4.39 Å². The maximum Gasteiger partial charge on any atom is 0.163 e. The first kappa shape index (κ1) is 15.0. The van der Waals surface area contributed by atoms with Gasteiger partial charge >= 0.3 is 0 Å². The van der Waals surface area contributed by atoms with Crippen molar-refractivity contribution in [3.05, 3.63) is 62.8 Å².